The molecule has 4 rings (SSSR count). The number of halogens is 1. The Labute approximate surface area is 112 Å². The quantitative estimate of drug-likeness (QED) is 0.876. The van der Waals surface area contributed by atoms with Gasteiger partial charge in [-0.1, -0.05) is 0 Å². The lowest BCUT2D eigenvalue weighted by atomic mass is 9.91. The number of nitrogens with one attached hydrogen (secondary N) is 1. The fourth-order valence-electron chi connectivity index (χ4n) is 3.47. The minimum absolute atomic E-state index is 0.141. The van der Waals surface area contributed by atoms with Crippen LogP contribution in [0.5, 0.6) is 0 Å². The molecule has 1 aromatic carbocycles. The average Bonchev–Trinajstić information content (AvgIpc) is 3.17. The Hall–Kier alpha value is -1.35. The zero-order chi connectivity index (χ0) is 13.0. The first-order valence-electron chi connectivity index (χ1n) is 7.24. The highest BCUT2D eigenvalue weighted by Crippen LogP contribution is 2.33. The molecule has 1 aromatic heterocycles. The molecule has 100 valence electrons. The third-order valence-electron chi connectivity index (χ3n) is 4.63. The van der Waals surface area contributed by atoms with Crippen LogP contribution < -0.4 is 5.32 Å². The van der Waals surface area contributed by atoms with E-state index in [2.05, 4.69) is 16.9 Å². The number of aryl methyl sites for hydroxylation is 1. The average molecular weight is 258 g/mol. The zero-order valence-corrected chi connectivity index (χ0v) is 11.2. The molecule has 2 nitrogen and oxygen atoms in total. The SMILES string of the molecule is Cn1c2c(c3ccc(F)cc31)CC(NC1CC1)CC2. The first-order valence-corrected chi connectivity index (χ1v) is 7.24. The molecule has 0 radical (unpaired) electrons. The van der Waals surface area contributed by atoms with E-state index in [4.69, 9.17) is 0 Å². The monoisotopic (exact) mass is 258 g/mol. The number of hydrogen-bond donors (Lipinski definition) is 1. The molecule has 2 aliphatic rings. The summed E-state index contributed by atoms with van der Waals surface area (Å²) in [5.41, 5.74) is 3.87. The predicted molar refractivity (Wildman–Crippen MR) is 74.8 cm³/mol. The summed E-state index contributed by atoms with van der Waals surface area (Å²) in [6.45, 7) is 0. The van der Waals surface area contributed by atoms with Crippen molar-refractivity contribution < 1.29 is 4.39 Å². The van der Waals surface area contributed by atoms with E-state index in [9.17, 15) is 4.39 Å². The van der Waals surface area contributed by atoms with E-state index in [1.54, 1.807) is 12.1 Å². The van der Waals surface area contributed by atoms with Crippen LogP contribution in [0.15, 0.2) is 18.2 Å². The number of benzene rings is 1. The van der Waals surface area contributed by atoms with Crippen LogP contribution in [0.25, 0.3) is 10.9 Å². The van der Waals surface area contributed by atoms with E-state index in [1.807, 2.05) is 6.07 Å². The lowest BCUT2D eigenvalue weighted by Crippen LogP contribution is -2.36. The van der Waals surface area contributed by atoms with Gasteiger partial charge in [-0.15, -0.1) is 0 Å². The summed E-state index contributed by atoms with van der Waals surface area (Å²) in [4.78, 5) is 0. The lowest BCUT2D eigenvalue weighted by molar-refractivity contribution is 0.450. The van der Waals surface area contributed by atoms with Crippen molar-refractivity contribution in [2.45, 2.75) is 44.2 Å². The number of rotatable bonds is 2. The van der Waals surface area contributed by atoms with Gasteiger partial charge in [-0.25, -0.2) is 4.39 Å². The van der Waals surface area contributed by atoms with Crippen LogP contribution in [0.2, 0.25) is 0 Å². The molecule has 0 amide bonds. The molecule has 0 spiro atoms. The Morgan fingerprint density at radius 2 is 2.05 bits per heavy atom. The number of hydrogen-bond acceptors (Lipinski definition) is 1. The second-order valence-electron chi connectivity index (χ2n) is 6.03. The Kier molecular flexibility index (Phi) is 2.46. The summed E-state index contributed by atoms with van der Waals surface area (Å²) in [6.07, 6.45) is 6.08. The van der Waals surface area contributed by atoms with Crippen LogP contribution in [0.4, 0.5) is 4.39 Å². The van der Waals surface area contributed by atoms with Crippen LogP contribution in [0.3, 0.4) is 0 Å². The van der Waals surface area contributed by atoms with Gasteiger partial charge in [0.2, 0.25) is 0 Å². The van der Waals surface area contributed by atoms with Gasteiger partial charge < -0.3 is 9.88 Å². The maximum absolute atomic E-state index is 13.4. The fourth-order valence-corrected chi connectivity index (χ4v) is 3.47. The standard InChI is InChI=1S/C16H19FN2/c1-19-15-7-5-12(18-11-3-4-11)9-14(15)13-6-2-10(17)8-16(13)19/h2,6,8,11-12,18H,3-5,7,9H2,1H3. The summed E-state index contributed by atoms with van der Waals surface area (Å²) in [5.74, 6) is -0.141. The highest BCUT2D eigenvalue weighted by atomic mass is 19.1. The normalized spacial score (nSPS) is 22.7. The zero-order valence-electron chi connectivity index (χ0n) is 11.2. The summed E-state index contributed by atoms with van der Waals surface area (Å²) < 4.78 is 15.6. The molecule has 0 saturated heterocycles. The molecule has 1 unspecified atom stereocenters. The van der Waals surface area contributed by atoms with Crippen LogP contribution in [0, 0.1) is 5.82 Å². The van der Waals surface area contributed by atoms with Crippen molar-refractivity contribution in [2.24, 2.45) is 7.05 Å². The molecule has 2 aromatic rings. The molecule has 1 atom stereocenters. The first-order chi connectivity index (χ1) is 9.22. The second kappa shape index (κ2) is 4.07. The third-order valence-corrected chi connectivity index (χ3v) is 4.63. The summed E-state index contributed by atoms with van der Waals surface area (Å²) in [7, 11) is 2.06. The van der Waals surface area contributed by atoms with Gasteiger partial charge in [0.05, 0.1) is 5.52 Å². The Morgan fingerprint density at radius 3 is 2.84 bits per heavy atom. The number of nitrogens with zero attached hydrogens (tertiary/aromatic N) is 1. The van der Waals surface area contributed by atoms with Crippen molar-refractivity contribution in [2.75, 3.05) is 0 Å². The van der Waals surface area contributed by atoms with Crippen molar-refractivity contribution in [3.63, 3.8) is 0 Å². The van der Waals surface area contributed by atoms with Gasteiger partial charge in [0, 0.05) is 30.2 Å². The van der Waals surface area contributed by atoms with Crippen LogP contribution in [-0.2, 0) is 19.9 Å². The molecule has 0 aliphatic heterocycles. The minimum atomic E-state index is -0.141. The fraction of sp³-hybridized carbons (Fsp3) is 0.500. The molecule has 1 N–H and O–H groups in total. The van der Waals surface area contributed by atoms with Gasteiger partial charge in [-0.2, -0.15) is 0 Å². The smallest absolute Gasteiger partial charge is 0.125 e. The van der Waals surface area contributed by atoms with Crippen molar-refractivity contribution in [3.05, 3.63) is 35.3 Å². The molecule has 0 bridgehead atoms. The first kappa shape index (κ1) is 11.5. The van der Waals surface area contributed by atoms with E-state index in [0.29, 0.717) is 6.04 Å². The summed E-state index contributed by atoms with van der Waals surface area (Å²) in [6, 6.07) is 6.56. The Bertz CT molecular complexity index is 640. The maximum atomic E-state index is 13.4. The molecule has 2 aliphatic carbocycles. The number of fused-ring (bicyclic) bond motifs is 3. The van der Waals surface area contributed by atoms with Gasteiger partial charge in [0.1, 0.15) is 5.82 Å². The molecule has 1 fully saturated rings. The molecule has 1 saturated carbocycles. The molecule has 1 heterocycles. The van der Waals surface area contributed by atoms with E-state index in [-0.39, 0.29) is 5.82 Å². The predicted octanol–water partition coefficient (Wildman–Crippen LogP) is 2.93. The summed E-state index contributed by atoms with van der Waals surface area (Å²) >= 11 is 0. The minimum Gasteiger partial charge on any atom is -0.347 e. The van der Waals surface area contributed by atoms with E-state index in [1.165, 1.54) is 35.9 Å². The van der Waals surface area contributed by atoms with Gasteiger partial charge >= 0.3 is 0 Å². The van der Waals surface area contributed by atoms with Gasteiger partial charge in [0.15, 0.2) is 0 Å². The van der Waals surface area contributed by atoms with Gasteiger partial charge in [0.25, 0.3) is 0 Å². The van der Waals surface area contributed by atoms with Gasteiger partial charge in [-0.3, -0.25) is 0 Å². The molecular weight excluding hydrogens is 239 g/mol. The van der Waals surface area contributed by atoms with Crippen molar-refractivity contribution in [1.29, 1.82) is 0 Å². The highest BCUT2D eigenvalue weighted by molar-refractivity contribution is 5.86. The van der Waals surface area contributed by atoms with Crippen LogP contribution in [-0.4, -0.2) is 16.7 Å². The maximum Gasteiger partial charge on any atom is 0.125 e. The molecule has 19 heavy (non-hydrogen) atoms. The highest BCUT2D eigenvalue weighted by Gasteiger charge is 2.29. The van der Waals surface area contributed by atoms with E-state index < -0.39 is 0 Å². The summed E-state index contributed by atoms with van der Waals surface area (Å²) in [5, 5.41) is 4.97. The second-order valence-corrected chi connectivity index (χ2v) is 6.03. The van der Waals surface area contributed by atoms with E-state index >= 15 is 0 Å². The van der Waals surface area contributed by atoms with Crippen molar-refractivity contribution >= 4 is 10.9 Å². The Morgan fingerprint density at radius 1 is 1.21 bits per heavy atom. The van der Waals surface area contributed by atoms with Crippen molar-refractivity contribution in [1.82, 2.24) is 9.88 Å². The molecule has 3 heteroatoms. The lowest BCUT2D eigenvalue weighted by Gasteiger charge is -2.24. The number of aromatic nitrogens is 1. The van der Waals surface area contributed by atoms with Crippen LogP contribution in [0.1, 0.15) is 30.5 Å². The van der Waals surface area contributed by atoms with Crippen molar-refractivity contribution in [3.8, 4) is 0 Å². The molecular formula is C16H19FN2. The Balaban J connectivity index is 1.76. The topological polar surface area (TPSA) is 17.0 Å². The third kappa shape index (κ3) is 1.88. The van der Waals surface area contributed by atoms with E-state index in [0.717, 1.165) is 24.4 Å². The van der Waals surface area contributed by atoms with Gasteiger partial charge in [-0.05, 0) is 55.9 Å². The largest absolute Gasteiger partial charge is 0.347 e. The van der Waals surface area contributed by atoms with Crippen LogP contribution >= 0.6 is 0 Å².